The van der Waals surface area contributed by atoms with Gasteiger partial charge in [-0.05, 0) is 12.8 Å². The Morgan fingerprint density at radius 1 is 1.30 bits per heavy atom. The van der Waals surface area contributed by atoms with E-state index >= 15 is 0 Å². The molecule has 0 spiro atoms. The molecule has 1 amide bonds. The molecule has 0 bridgehead atoms. The average molecular weight is 331 g/mol. The molecule has 1 N–H and O–H groups in total. The van der Waals surface area contributed by atoms with Gasteiger partial charge in [-0.25, -0.2) is 4.98 Å². The van der Waals surface area contributed by atoms with Crippen LogP contribution >= 0.6 is 0 Å². The van der Waals surface area contributed by atoms with Crippen molar-refractivity contribution in [1.29, 1.82) is 0 Å². The van der Waals surface area contributed by atoms with Crippen molar-refractivity contribution >= 4 is 17.7 Å². The monoisotopic (exact) mass is 331 g/mol. The summed E-state index contributed by atoms with van der Waals surface area (Å²) in [7, 11) is 3.20. The number of nitrogens with zero attached hydrogens (tertiary/aromatic N) is 4. The van der Waals surface area contributed by atoms with Crippen LogP contribution in [0.1, 0.15) is 25.0 Å². The summed E-state index contributed by atoms with van der Waals surface area (Å²) in [4.78, 5) is 22.6. The summed E-state index contributed by atoms with van der Waals surface area (Å²) in [6.45, 7) is 1.71. The van der Waals surface area contributed by atoms with Crippen LogP contribution in [0.15, 0.2) is 6.07 Å². The normalized spacial score (nSPS) is 14.9. The summed E-state index contributed by atoms with van der Waals surface area (Å²) < 4.78 is 38.6. The molecule has 1 aromatic heterocycles. The van der Waals surface area contributed by atoms with E-state index < -0.39 is 11.9 Å². The number of likely N-dealkylation sites (tertiary alicyclic amines) is 1. The molecule has 1 aliphatic heterocycles. The molecule has 0 saturated carbocycles. The van der Waals surface area contributed by atoms with Gasteiger partial charge in [0.15, 0.2) is 5.69 Å². The molecule has 0 radical (unpaired) electrons. The largest absolute Gasteiger partial charge is 0.433 e. The van der Waals surface area contributed by atoms with Gasteiger partial charge in [0, 0.05) is 46.2 Å². The SMILES string of the molecule is CN(C)c1cc(C(F)(F)F)nc(NCCC(=O)N2CCCC2)n1. The Hall–Kier alpha value is -2.06. The number of alkyl halides is 3. The van der Waals surface area contributed by atoms with Crippen LogP contribution in [0, 0.1) is 0 Å². The molecule has 2 rings (SSSR count). The maximum absolute atomic E-state index is 12.9. The molecule has 2 heterocycles. The summed E-state index contributed by atoms with van der Waals surface area (Å²) in [5, 5.41) is 2.71. The lowest BCUT2D eigenvalue weighted by atomic mass is 10.3. The second-order valence-electron chi connectivity index (χ2n) is 5.59. The molecular formula is C14H20F3N5O. The van der Waals surface area contributed by atoms with Gasteiger partial charge < -0.3 is 15.1 Å². The van der Waals surface area contributed by atoms with Crippen molar-refractivity contribution in [3.8, 4) is 0 Å². The molecule has 1 aliphatic rings. The minimum absolute atomic E-state index is 0.00481. The smallest absolute Gasteiger partial charge is 0.363 e. The highest BCUT2D eigenvalue weighted by Crippen LogP contribution is 2.30. The third-order valence-corrected chi connectivity index (χ3v) is 3.54. The number of carbonyl (C=O) groups excluding carboxylic acids is 1. The van der Waals surface area contributed by atoms with Crippen molar-refractivity contribution in [3.63, 3.8) is 0 Å². The van der Waals surface area contributed by atoms with E-state index in [1.807, 2.05) is 0 Å². The fraction of sp³-hybridized carbons (Fsp3) is 0.643. The molecule has 0 aromatic carbocycles. The van der Waals surface area contributed by atoms with Crippen LogP contribution in [0.5, 0.6) is 0 Å². The highest BCUT2D eigenvalue weighted by atomic mass is 19.4. The number of rotatable bonds is 5. The lowest BCUT2D eigenvalue weighted by molar-refractivity contribution is -0.141. The first-order valence-electron chi connectivity index (χ1n) is 7.42. The molecule has 1 aromatic rings. The summed E-state index contributed by atoms with van der Waals surface area (Å²) >= 11 is 0. The quantitative estimate of drug-likeness (QED) is 0.894. The molecule has 1 saturated heterocycles. The Balaban J connectivity index is 2.01. The van der Waals surface area contributed by atoms with E-state index in [0.29, 0.717) is 0 Å². The highest BCUT2D eigenvalue weighted by molar-refractivity contribution is 5.76. The molecular weight excluding hydrogens is 311 g/mol. The summed E-state index contributed by atoms with van der Waals surface area (Å²) in [5.41, 5.74) is -1.01. The average Bonchev–Trinajstić information content (AvgIpc) is 3.00. The van der Waals surface area contributed by atoms with Gasteiger partial charge in [-0.15, -0.1) is 0 Å². The van der Waals surface area contributed by atoms with Gasteiger partial charge in [0.05, 0.1) is 0 Å². The Labute approximate surface area is 132 Å². The molecule has 23 heavy (non-hydrogen) atoms. The zero-order valence-corrected chi connectivity index (χ0v) is 13.2. The van der Waals surface area contributed by atoms with Gasteiger partial charge in [0.1, 0.15) is 5.82 Å². The van der Waals surface area contributed by atoms with Gasteiger partial charge in [-0.3, -0.25) is 4.79 Å². The Morgan fingerprint density at radius 2 is 1.96 bits per heavy atom. The van der Waals surface area contributed by atoms with Gasteiger partial charge in [0.25, 0.3) is 0 Å². The zero-order chi connectivity index (χ0) is 17.0. The lowest BCUT2D eigenvalue weighted by Crippen LogP contribution is -2.29. The van der Waals surface area contributed by atoms with E-state index in [1.54, 1.807) is 19.0 Å². The third kappa shape index (κ3) is 4.70. The number of halogens is 3. The second-order valence-corrected chi connectivity index (χ2v) is 5.59. The number of amides is 1. The minimum atomic E-state index is -4.55. The highest BCUT2D eigenvalue weighted by Gasteiger charge is 2.34. The Kier molecular flexibility index (Phi) is 5.27. The van der Waals surface area contributed by atoms with Crippen molar-refractivity contribution in [3.05, 3.63) is 11.8 Å². The van der Waals surface area contributed by atoms with Crippen molar-refractivity contribution in [2.45, 2.75) is 25.4 Å². The van der Waals surface area contributed by atoms with E-state index in [2.05, 4.69) is 15.3 Å². The summed E-state index contributed by atoms with van der Waals surface area (Å²) in [6, 6.07) is 0.889. The van der Waals surface area contributed by atoms with Gasteiger partial charge in [-0.1, -0.05) is 0 Å². The molecule has 0 atom stereocenters. The van der Waals surface area contributed by atoms with Crippen LogP contribution in [-0.4, -0.2) is 54.5 Å². The van der Waals surface area contributed by atoms with Crippen LogP contribution < -0.4 is 10.2 Å². The number of carbonyl (C=O) groups is 1. The predicted octanol–water partition coefficient (Wildman–Crippen LogP) is 1.99. The van der Waals surface area contributed by atoms with Crippen molar-refractivity contribution in [1.82, 2.24) is 14.9 Å². The summed E-state index contributed by atoms with van der Waals surface area (Å²) in [6.07, 6.45) is -2.34. The zero-order valence-electron chi connectivity index (χ0n) is 13.2. The maximum Gasteiger partial charge on any atom is 0.433 e. The molecule has 0 aliphatic carbocycles. The first-order chi connectivity index (χ1) is 10.8. The van der Waals surface area contributed by atoms with Crippen molar-refractivity contribution in [2.24, 2.45) is 0 Å². The molecule has 9 heteroatoms. The van der Waals surface area contributed by atoms with Crippen molar-refractivity contribution < 1.29 is 18.0 Å². The second kappa shape index (κ2) is 7.01. The van der Waals surface area contributed by atoms with E-state index in [0.717, 1.165) is 32.0 Å². The Morgan fingerprint density at radius 3 is 2.52 bits per heavy atom. The fourth-order valence-corrected chi connectivity index (χ4v) is 2.29. The predicted molar refractivity (Wildman–Crippen MR) is 80.3 cm³/mol. The fourth-order valence-electron chi connectivity index (χ4n) is 2.29. The minimum Gasteiger partial charge on any atom is -0.363 e. The number of aromatic nitrogens is 2. The van der Waals surface area contributed by atoms with Crippen LogP contribution in [0.3, 0.4) is 0 Å². The van der Waals surface area contributed by atoms with E-state index in [4.69, 9.17) is 0 Å². The van der Waals surface area contributed by atoms with Crippen LogP contribution in [0.4, 0.5) is 24.9 Å². The summed E-state index contributed by atoms with van der Waals surface area (Å²) in [5.74, 6) is 0.0215. The lowest BCUT2D eigenvalue weighted by Gasteiger charge is -2.17. The van der Waals surface area contributed by atoms with Gasteiger partial charge in [-0.2, -0.15) is 18.2 Å². The standard InChI is InChI=1S/C14H20F3N5O/c1-21(2)11-9-10(14(15,16)17)19-13(20-11)18-6-5-12(23)22-7-3-4-8-22/h9H,3-8H2,1-2H3,(H,18,19,20). The molecule has 6 nitrogen and oxygen atoms in total. The number of hydrogen-bond donors (Lipinski definition) is 1. The van der Waals surface area contributed by atoms with Crippen molar-refractivity contribution in [2.75, 3.05) is 43.9 Å². The molecule has 1 fully saturated rings. The number of anilines is 2. The first kappa shape index (κ1) is 17.3. The topological polar surface area (TPSA) is 61.4 Å². The van der Waals surface area contributed by atoms with E-state index in [9.17, 15) is 18.0 Å². The van der Waals surface area contributed by atoms with Crippen LogP contribution in [0.2, 0.25) is 0 Å². The van der Waals surface area contributed by atoms with Gasteiger partial charge >= 0.3 is 6.18 Å². The maximum atomic E-state index is 12.9. The van der Waals surface area contributed by atoms with Gasteiger partial charge in [0.2, 0.25) is 11.9 Å². The molecule has 0 unspecified atom stereocenters. The number of hydrogen-bond acceptors (Lipinski definition) is 5. The van der Waals surface area contributed by atoms with Crippen LogP contribution in [0.25, 0.3) is 0 Å². The first-order valence-corrected chi connectivity index (χ1v) is 7.42. The van der Waals surface area contributed by atoms with E-state index in [1.165, 1.54) is 4.90 Å². The third-order valence-electron chi connectivity index (χ3n) is 3.54. The Bertz CT molecular complexity index is 556. The van der Waals surface area contributed by atoms with E-state index in [-0.39, 0.29) is 30.6 Å². The molecule has 128 valence electrons. The number of nitrogens with one attached hydrogen (secondary N) is 1. The van der Waals surface area contributed by atoms with Crippen LogP contribution in [-0.2, 0) is 11.0 Å².